The quantitative estimate of drug-likeness (QED) is 0.863. The zero-order valence-corrected chi connectivity index (χ0v) is 13.6. The van der Waals surface area contributed by atoms with Crippen LogP contribution in [0, 0.1) is 18.6 Å². The smallest absolute Gasteiger partial charge is 0.254 e. The van der Waals surface area contributed by atoms with E-state index in [2.05, 4.69) is 4.90 Å². The lowest BCUT2D eigenvalue weighted by atomic mass is 10.1. The number of rotatable bonds is 3. The Morgan fingerprint density at radius 3 is 2.46 bits per heavy atom. The Labute approximate surface area is 140 Å². The number of hydrogen-bond donors (Lipinski definition) is 0. The van der Waals surface area contributed by atoms with Crippen LogP contribution >= 0.6 is 0 Å². The van der Waals surface area contributed by atoms with Gasteiger partial charge in [-0.2, -0.15) is 0 Å². The van der Waals surface area contributed by atoms with Gasteiger partial charge in [-0.25, -0.2) is 8.78 Å². The predicted octanol–water partition coefficient (Wildman–Crippen LogP) is 3.23. The Hall–Kier alpha value is -2.27. The van der Waals surface area contributed by atoms with Gasteiger partial charge in [0.1, 0.15) is 11.6 Å². The predicted molar refractivity (Wildman–Crippen MR) is 88.7 cm³/mol. The fraction of sp³-hybridized carbons (Fsp3) is 0.316. The van der Waals surface area contributed by atoms with Crippen LogP contribution in [0.3, 0.4) is 0 Å². The highest BCUT2D eigenvalue weighted by Crippen LogP contribution is 2.15. The van der Waals surface area contributed by atoms with Gasteiger partial charge < -0.3 is 4.90 Å². The first-order valence-corrected chi connectivity index (χ1v) is 8.05. The van der Waals surface area contributed by atoms with Crippen LogP contribution in [0.2, 0.25) is 0 Å². The summed E-state index contributed by atoms with van der Waals surface area (Å²) in [5, 5.41) is 0. The molecule has 0 atom stereocenters. The molecule has 0 N–H and O–H groups in total. The van der Waals surface area contributed by atoms with E-state index >= 15 is 0 Å². The Kier molecular flexibility index (Phi) is 4.90. The summed E-state index contributed by atoms with van der Waals surface area (Å²) in [5.41, 5.74) is 1.85. The number of aryl methyl sites for hydroxylation is 1. The number of nitrogens with zero attached hydrogens (tertiary/aromatic N) is 2. The van der Waals surface area contributed by atoms with Crippen LogP contribution in [-0.2, 0) is 6.54 Å². The topological polar surface area (TPSA) is 23.6 Å². The third-order valence-corrected chi connectivity index (χ3v) is 4.37. The van der Waals surface area contributed by atoms with E-state index in [1.54, 1.807) is 30.0 Å². The van der Waals surface area contributed by atoms with Crippen LogP contribution < -0.4 is 0 Å². The molecule has 0 saturated carbocycles. The minimum Gasteiger partial charge on any atom is -0.336 e. The second kappa shape index (κ2) is 7.09. The standard InChI is InChI=1S/C19H20F2N2O/c1-14-5-6-16(12-18(14)21)19(24)23-9-7-22(8-10-23)13-15-3-2-4-17(20)11-15/h2-6,11-12H,7-10,13H2,1H3. The second-order valence-corrected chi connectivity index (χ2v) is 6.16. The van der Waals surface area contributed by atoms with Crippen molar-refractivity contribution in [2.75, 3.05) is 26.2 Å². The highest BCUT2D eigenvalue weighted by atomic mass is 19.1. The maximum atomic E-state index is 13.6. The van der Waals surface area contributed by atoms with Gasteiger partial charge in [-0.05, 0) is 42.3 Å². The minimum absolute atomic E-state index is 0.140. The van der Waals surface area contributed by atoms with Crippen molar-refractivity contribution in [3.8, 4) is 0 Å². The lowest BCUT2D eigenvalue weighted by Crippen LogP contribution is -2.48. The third-order valence-electron chi connectivity index (χ3n) is 4.37. The first-order chi connectivity index (χ1) is 11.5. The molecule has 1 amide bonds. The molecule has 0 bridgehead atoms. The summed E-state index contributed by atoms with van der Waals surface area (Å²) in [4.78, 5) is 16.4. The molecule has 0 aromatic heterocycles. The minimum atomic E-state index is -0.356. The number of piperazine rings is 1. The lowest BCUT2D eigenvalue weighted by molar-refractivity contribution is 0.0628. The number of benzene rings is 2. The zero-order chi connectivity index (χ0) is 17.1. The van der Waals surface area contributed by atoms with Crippen LogP contribution in [0.5, 0.6) is 0 Å². The SMILES string of the molecule is Cc1ccc(C(=O)N2CCN(Cc3cccc(F)c3)CC2)cc1F. The Bertz CT molecular complexity index is 740. The molecule has 3 nitrogen and oxygen atoms in total. The number of carbonyl (C=O) groups is 1. The normalized spacial score (nSPS) is 15.5. The number of halogens is 2. The maximum Gasteiger partial charge on any atom is 0.254 e. The molecule has 3 rings (SSSR count). The molecular formula is C19H20F2N2O. The molecule has 1 fully saturated rings. The molecule has 0 aliphatic carbocycles. The van der Waals surface area contributed by atoms with Crippen LogP contribution in [0.15, 0.2) is 42.5 Å². The van der Waals surface area contributed by atoms with Crippen molar-refractivity contribution in [2.45, 2.75) is 13.5 Å². The fourth-order valence-electron chi connectivity index (χ4n) is 2.91. The third kappa shape index (κ3) is 3.79. The van der Waals surface area contributed by atoms with E-state index < -0.39 is 0 Å². The number of amides is 1. The molecule has 2 aromatic carbocycles. The number of hydrogen-bond acceptors (Lipinski definition) is 2. The summed E-state index contributed by atoms with van der Waals surface area (Å²) in [7, 11) is 0. The van der Waals surface area contributed by atoms with Gasteiger partial charge in [-0.1, -0.05) is 18.2 Å². The van der Waals surface area contributed by atoms with E-state index in [1.807, 2.05) is 6.07 Å². The van der Waals surface area contributed by atoms with Crippen molar-refractivity contribution in [2.24, 2.45) is 0 Å². The van der Waals surface area contributed by atoms with E-state index in [0.29, 0.717) is 30.8 Å². The molecule has 0 radical (unpaired) electrons. The highest BCUT2D eigenvalue weighted by molar-refractivity contribution is 5.94. The van der Waals surface area contributed by atoms with Gasteiger partial charge in [0, 0.05) is 38.3 Å². The largest absolute Gasteiger partial charge is 0.336 e. The number of carbonyl (C=O) groups excluding carboxylic acids is 1. The van der Waals surface area contributed by atoms with E-state index in [1.165, 1.54) is 18.2 Å². The Morgan fingerprint density at radius 1 is 1.04 bits per heavy atom. The van der Waals surface area contributed by atoms with E-state index in [4.69, 9.17) is 0 Å². The van der Waals surface area contributed by atoms with E-state index in [9.17, 15) is 13.6 Å². The molecule has 1 saturated heterocycles. The van der Waals surface area contributed by atoms with Crippen LogP contribution in [0.1, 0.15) is 21.5 Å². The van der Waals surface area contributed by atoms with Gasteiger partial charge in [-0.15, -0.1) is 0 Å². The van der Waals surface area contributed by atoms with Gasteiger partial charge in [0.2, 0.25) is 0 Å². The van der Waals surface area contributed by atoms with Crippen molar-refractivity contribution in [3.63, 3.8) is 0 Å². The average molecular weight is 330 g/mol. The van der Waals surface area contributed by atoms with Crippen molar-refractivity contribution in [3.05, 3.63) is 70.8 Å². The summed E-state index contributed by atoms with van der Waals surface area (Å²) in [5.74, 6) is -0.729. The molecule has 1 heterocycles. The molecular weight excluding hydrogens is 310 g/mol. The van der Waals surface area contributed by atoms with Gasteiger partial charge >= 0.3 is 0 Å². The van der Waals surface area contributed by atoms with Crippen LogP contribution in [-0.4, -0.2) is 41.9 Å². The molecule has 1 aliphatic heterocycles. The Balaban J connectivity index is 1.58. The van der Waals surface area contributed by atoms with Crippen LogP contribution in [0.25, 0.3) is 0 Å². The zero-order valence-electron chi connectivity index (χ0n) is 13.6. The molecule has 126 valence electrons. The summed E-state index contributed by atoms with van der Waals surface area (Å²) in [6, 6.07) is 11.2. The fourth-order valence-corrected chi connectivity index (χ4v) is 2.91. The monoisotopic (exact) mass is 330 g/mol. The first kappa shape index (κ1) is 16.6. The Morgan fingerprint density at radius 2 is 1.79 bits per heavy atom. The van der Waals surface area contributed by atoms with Crippen LogP contribution in [0.4, 0.5) is 8.78 Å². The second-order valence-electron chi connectivity index (χ2n) is 6.16. The van der Waals surface area contributed by atoms with Gasteiger partial charge in [0.15, 0.2) is 0 Å². The molecule has 24 heavy (non-hydrogen) atoms. The first-order valence-electron chi connectivity index (χ1n) is 8.05. The van der Waals surface area contributed by atoms with Crippen molar-refractivity contribution >= 4 is 5.91 Å². The summed E-state index contributed by atoms with van der Waals surface area (Å²) >= 11 is 0. The lowest BCUT2D eigenvalue weighted by Gasteiger charge is -2.34. The van der Waals surface area contributed by atoms with Crippen molar-refractivity contribution in [1.29, 1.82) is 0 Å². The van der Waals surface area contributed by atoms with Gasteiger partial charge in [-0.3, -0.25) is 9.69 Å². The van der Waals surface area contributed by atoms with E-state index in [0.717, 1.165) is 18.7 Å². The van der Waals surface area contributed by atoms with Gasteiger partial charge in [0.25, 0.3) is 5.91 Å². The summed E-state index contributed by atoms with van der Waals surface area (Å²) in [6.07, 6.45) is 0. The molecule has 0 spiro atoms. The maximum absolute atomic E-state index is 13.6. The van der Waals surface area contributed by atoms with Gasteiger partial charge in [0.05, 0.1) is 0 Å². The molecule has 5 heteroatoms. The average Bonchev–Trinajstić information content (AvgIpc) is 2.57. The van der Waals surface area contributed by atoms with Crippen molar-refractivity contribution < 1.29 is 13.6 Å². The highest BCUT2D eigenvalue weighted by Gasteiger charge is 2.22. The summed E-state index contributed by atoms with van der Waals surface area (Å²) in [6.45, 7) is 4.95. The van der Waals surface area contributed by atoms with E-state index in [-0.39, 0.29) is 17.5 Å². The van der Waals surface area contributed by atoms with Crippen molar-refractivity contribution in [1.82, 2.24) is 9.80 Å². The molecule has 1 aliphatic rings. The molecule has 2 aromatic rings. The summed E-state index contributed by atoms with van der Waals surface area (Å²) < 4.78 is 26.9. The molecule has 0 unspecified atom stereocenters.